The van der Waals surface area contributed by atoms with Gasteiger partial charge in [-0.15, -0.1) is 0 Å². The van der Waals surface area contributed by atoms with Gasteiger partial charge in [0.25, 0.3) is 0 Å². The Morgan fingerprint density at radius 1 is 1.32 bits per heavy atom. The summed E-state index contributed by atoms with van der Waals surface area (Å²) in [5.41, 5.74) is 1.41. The molecule has 3 heteroatoms. The molecule has 4 aliphatic carbocycles. The highest BCUT2D eigenvalue weighted by Crippen LogP contribution is 2.59. The summed E-state index contributed by atoms with van der Waals surface area (Å²) < 4.78 is 6.72. The molecule has 0 N–H and O–H groups in total. The lowest BCUT2D eigenvalue weighted by Gasteiger charge is -2.50. The summed E-state index contributed by atoms with van der Waals surface area (Å²) in [5.74, 6) is 4.07. The number of allylic oxidation sites excluding steroid dienone is 5. The molecule has 22 heavy (non-hydrogen) atoms. The van der Waals surface area contributed by atoms with Gasteiger partial charge in [0.05, 0.1) is 10.7 Å². The predicted molar refractivity (Wildman–Crippen MR) is 95.4 cm³/mol. The van der Waals surface area contributed by atoms with Gasteiger partial charge in [0.15, 0.2) is 0 Å². The quantitative estimate of drug-likeness (QED) is 0.581. The lowest BCUT2D eigenvalue weighted by Crippen LogP contribution is -2.45. The van der Waals surface area contributed by atoms with Crippen molar-refractivity contribution in [2.75, 3.05) is 7.11 Å². The molecule has 2 fully saturated rings. The molecule has 0 saturated heterocycles. The number of hydrogen-bond donors (Lipinski definition) is 0. The standard InChI is InChI=1S/C19H23IO2/c1-19-8-7-12-13(15(19)5-6-18(19)21)4-3-11-9-17(22-2)16(20)10-14(11)12/h3,9-10,12-15H,4-8H2,1-2H3/t12-,13+,14-,15-,19-/m0/s1. The molecule has 0 aromatic heterocycles. The summed E-state index contributed by atoms with van der Waals surface area (Å²) in [4.78, 5) is 12.4. The Morgan fingerprint density at radius 2 is 2.14 bits per heavy atom. The van der Waals surface area contributed by atoms with Crippen molar-refractivity contribution in [3.05, 3.63) is 33.1 Å². The lowest BCUT2D eigenvalue weighted by molar-refractivity contribution is -0.130. The van der Waals surface area contributed by atoms with Gasteiger partial charge in [0.2, 0.25) is 0 Å². The number of fused-ring (bicyclic) bond motifs is 5. The van der Waals surface area contributed by atoms with E-state index in [2.05, 4.69) is 47.7 Å². The number of hydrogen-bond acceptors (Lipinski definition) is 2. The van der Waals surface area contributed by atoms with Crippen LogP contribution in [-0.4, -0.2) is 12.9 Å². The fourth-order valence-corrected chi connectivity index (χ4v) is 6.28. The number of halogens is 1. The molecule has 4 rings (SSSR count). The zero-order chi connectivity index (χ0) is 15.5. The van der Waals surface area contributed by atoms with Gasteiger partial charge in [-0.25, -0.2) is 0 Å². The zero-order valence-electron chi connectivity index (χ0n) is 13.3. The number of rotatable bonds is 1. The molecule has 5 atom stereocenters. The van der Waals surface area contributed by atoms with Crippen LogP contribution < -0.4 is 0 Å². The Balaban J connectivity index is 1.69. The molecule has 0 radical (unpaired) electrons. The van der Waals surface area contributed by atoms with Crippen molar-refractivity contribution in [3.8, 4) is 0 Å². The Labute approximate surface area is 146 Å². The van der Waals surface area contributed by atoms with E-state index in [1.807, 2.05) is 0 Å². The predicted octanol–water partition coefficient (Wildman–Crippen LogP) is 4.81. The summed E-state index contributed by atoms with van der Waals surface area (Å²) in [7, 11) is 1.75. The van der Waals surface area contributed by atoms with Crippen LogP contribution in [0.25, 0.3) is 0 Å². The summed E-state index contributed by atoms with van der Waals surface area (Å²) in [6, 6.07) is 0. The third-order valence-electron chi connectivity index (χ3n) is 6.75. The van der Waals surface area contributed by atoms with Crippen LogP contribution in [-0.2, 0) is 9.53 Å². The topological polar surface area (TPSA) is 26.3 Å². The molecule has 2 saturated carbocycles. The van der Waals surface area contributed by atoms with E-state index >= 15 is 0 Å². The van der Waals surface area contributed by atoms with Crippen molar-refractivity contribution >= 4 is 28.4 Å². The van der Waals surface area contributed by atoms with Crippen LogP contribution in [0.2, 0.25) is 0 Å². The molecular weight excluding hydrogens is 387 g/mol. The fraction of sp³-hybridized carbons (Fsp3) is 0.632. The molecule has 0 bridgehead atoms. The minimum atomic E-state index is -0.0222. The van der Waals surface area contributed by atoms with Crippen LogP contribution in [0.1, 0.15) is 39.0 Å². The largest absolute Gasteiger partial charge is 0.496 e. The van der Waals surface area contributed by atoms with Crippen LogP contribution >= 0.6 is 22.6 Å². The van der Waals surface area contributed by atoms with Crippen molar-refractivity contribution in [2.45, 2.75) is 39.0 Å². The van der Waals surface area contributed by atoms with Gasteiger partial charge in [-0.2, -0.15) is 0 Å². The minimum absolute atomic E-state index is 0.0222. The lowest BCUT2D eigenvalue weighted by atomic mass is 9.54. The number of methoxy groups -OCH3 is 1. The van der Waals surface area contributed by atoms with Gasteiger partial charge in [-0.05, 0) is 77.7 Å². The highest BCUT2D eigenvalue weighted by Gasteiger charge is 2.55. The van der Waals surface area contributed by atoms with Crippen molar-refractivity contribution in [1.82, 2.24) is 0 Å². The number of ketones is 1. The Kier molecular flexibility index (Phi) is 3.55. The van der Waals surface area contributed by atoms with E-state index in [1.54, 1.807) is 7.11 Å². The average molecular weight is 410 g/mol. The van der Waals surface area contributed by atoms with Gasteiger partial charge in [-0.3, -0.25) is 4.79 Å². The second-order valence-corrected chi connectivity index (χ2v) is 8.71. The van der Waals surface area contributed by atoms with Crippen LogP contribution in [0.3, 0.4) is 0 Å². The Hall–Kier alpha value is -0.580. The first kappa shape index (κ1) is 15.0. The van der Waals surface area contributed by atoms with Gasteiger partial charge in [-0.1, -0.05) is 19.1 Å². The molecule has 0 heterocycles. The van der Waals surface area contributed by atoms with E-state index in [9.17, 15) is 4.79 Å². The van der Waals surface area contributed by atoms with Crippen molar-refractivity contribution in [1.29, 1.82) is 0 Å². The highest BCUT2D eigenvalue weighted by atomic mass is 127. The molecule has 0 aromatic rings. The van der Waals surface area contributed by atoms with Gasteiger partial charge < -0.3 is 4.74 Å². The maximum atomic E-state index is 12.4. The second kappa shape index (κ2) is 5.22. The Bertz CT molecular complexity index is 615. The maximum Gasteiger partial charge on any atom is 0.139 e. The van der Waals surface area contributed by atoms with Crippen LogP contribution in [0, 0.1) is 29.1 Å². The minimum Gasteiger partial charge on any atom is -0.496 e. The third-order valence-corrected chi connectivity index (χ3v) is 7.64. The molecule has 0 amide bonds. The second-order valence-electron chi connectivity index (χ2n) is 7.55. The van der Waals surface area contributed by atoms with Crippen LogP contribution in [0.15, 0.2) is 33.1 Å². The Morgan fingerprint density at radius 3 is 2.91 bits per heavy atom. The summed E-state index contributed by atoms with van der Waals surface area (Å²) in [6.45, 7) is 2.24. The number of Topliss-reactive ketones (excluding diaryl/α,β-unsaturated/α-hetero) is 1. The average Bonchev–Trinajstić information content (AvgIpc) is 2.82. The van der Waals surface area contributed by atoms with E-state index in [4.69, 9.17) is 4.74 Å². The highest BCUT2D eigenvalue weighted by molar-refractivity contribution is 14.1. The number of carbonyl (C=O) groups excluding carboxylic acids is 1. The van der Waals surface area contributed by atoms with Crippen LogP contribution in [0.5, 0.6) is 0 Å². The van der Waals surface area contributed by atoms with Crippen molar-refractivity contribution in [2.24, 2.45) is 29.1 Å². The SMILES string of the molecule is COC1=CC2=CC[C@@H]3[C@H](CC[C@]4(C)C(=O)CC[C@@H]34)[C@H]2C=C1I. The first-order valence-electron chi connectivity index (χ1n) is 8.41. The normalized spacial score (nSPS) is 43.4. The first-order valence-corrected chi connectivity index (χ1v) is 9.49. The van der Waals surface area contributed by atoms with E-state index < -0.39 is 0 Å². The first-order chi connectivity index (χ1) is 10.5. The third kappa shape index (κ3) is 2.00. The molecule has 118 valence electrons. The smallest absolute Gasteiger partial charge is 0.139 e. The molecule has 0 aromatic carbocycles. The van der Waals surface area contributed by atoms with E-state index in [1.165, 1.54) is 15.6 Å². The van der Waals surface area contributed by atoms with E-state index in [-0.39, 0.29) is 5.41 Å². The molecular formula is C19H23IO2. The van der Waals surface area contributed by atoms with Gasteiger partial charge >= 0.3 is 0 Å². The fourth-order valence-electron chi connectivity index (χ4n) is 5.52. The molecule has 0 spiro atoms. The zero-order valence-corrected chi connectivity index (χ0v) is 15.4. The molecule has 0 aliphatic heterocycles. The van der Waals surface area contributed by atoms with Crippen molar-refractivity contribution < 1.29 is 9.53 Å². The van der Waals surface area contributed by atoms with Crippen LogP contribution in [0.4, 0.5) is 0 Å². The molecule has 4 aliphatic rings. The van der Waals surface area contributed by atoms with Gasteiger partial charge in [0.1, 0.15) is 11.5 Å². The monoisotopic (exact) mass is 410 g/mol. The maximum absolute atomic E-state index is 12.4. The summed E-state index contributed by atoms with van der Waals surface area (Å²) in [6.07, 6.45) is 12.4. The van der Waals surface area contributed by atoms with E-state index in [0.717, 1.165) is 31.4 Å². The molecule has 2 nitrogen and oxygen atoms in total. The van der Waals surface area contributed by atoms with E-state index in [0.29, 0.717) is 29.5 Å². The summed E-state index contributed by atoms with van der Waals surface area (Å²) >= 11 is 2.39. The van der Waals surface area contributed by atoms with Gasteiger partial charge in [0, 0.05) is 17.8 Å². The molecule has 0 unspecified atom stereocenters. The van der Waals surface area contributed by atoms with Crippen molar-refractivity contribution in [3.63, 3.8) is 0 Å². The number of ether oxygens (including phenoxy) is 1. The number of carbonyl (C=O) groups is 1. The summed E-state index contributed by atoms with van der Waals surface area (Å²) in [5, 5.41) is 0.